The SMILES string of the molecule is OC1C(CI)OC(Oc2ccccc2F)C(O)C1O. The fraction of sp³-hybridized carbons (Fsp3) is 0.500. The molecule has 5 atom stereocenters. The lowest BCUT2D eigenvalue weighted by molar-refractivity contribution is -0.266. The van der Waals surface area contributed by atoms with E-state index < -0.39 is 36.5 Å². The van der Waals surface area contributed by atoms with Crippen molar-refractivity contribution >= 4 is 22.6 Å². The smallest absolute Gasteiger partial charge is 0.229 e. The van der Waals surface area contributed by atoms with E-state index in [4.69, 9.17) is 9.47 Å². The number of para-hydroxylation sites is 1. The first-order valence-electron chi connectivity index (χ1n) is 5.71. The van der Waals surface area contributed by atoms with Gasteiger partial charge in [0.2, 0.25) is 6.29 Å². The van der Waals surface area contributed by atoms with Gasteiger partial charge in [0.1, 0.15) is 18.3 Å². The van der Waals surface area contributed by atoms with Crippen LogP contribution in [0, 0.1) is 5.82 Å². The van der Waals surface area contributed by atoms with Crippen LogP contribution in [0.1, 0.15) is 0 Å². The van der Waals surface area contributed by atoms with Gasteiger partial charge in [-0.3, -0.25) is 0 Å². The maximum Gasteiger partial charge on any atom is 0.229 e. The summed E-state index contributed by atoms with van der Waals surface area (Å²) in [5, 5.41) is 29.2. The van der Waals surface area contributed by atoms with Crippen LogP contribution in [0.5, 0.6) is 5.75 Å². The van der Waals surface area contributed by atoms with Gasteiger partial charge in [0.15, 0.2) is 11.6 Å². The molecule has 0 amide bonds. The first-order valence-corrected chi connectivity index (χ1v) is 7.24. The van der Waals surface area contributed by atoms with E-state index in [1.807, 2.05) is 22.6 Å². The van der Waals surface area contributed by atoms with Crippen LogP contribution in [0.3, 0.4) is 0 Å². The Morgan fingerprint density at radius 1 is 1.16 bits per heavy atom. The Bertz CT molecular complexity index is 430. The van der Waals surface area contributed by atoms with Crippen molar-refractivity contribution in [2.24, 2.45) is 0 Å². The van der Waals surface area contributed by atoms with Crippen molar-refractivity contribution < 1.29 is 29.2 Å². The van der Waals surface area contributed by atoms with Gasteiger partial charge in [0.25, 0.3) is 0 Å². The van der Waals surface area contributed by atoms with Gasteiger partial charge < -0.3 is 24.8 Å². The Kier molecular flexibility index (Phi) is 4.96. The summed E-state index contributed by atoms with van der Waals surface area (Å²) in [6.07, 6.45) is -5.96. The predicted octanol–water partition coefficient (Wildman–Crippen LogP) is 0.447. The number of alkyl halides is 1. The molecule has 106 valence electrons. The number of aliphatic hydroxyl groups excluding tert-OH is 3. The zero-order chi connectivity index (χ0) is 14.0. The first-order chi connectivity index (χ1) is 9.04. The Hall–Kier alpha value is -0.480. The highest BCUT2D eigenvalue weighted by Gasteiger charge is 2.44. The maximum absolute atomic E-state index is 13.4. The molecular formula is C12H14FIO5. The Balaban J connectivity index is 2.13. The zero-order valence-electron chi connectivity index (χ0n) is 9.82. The molecule has 3 N–H and O–H groups in total. The van der Waals surface area contributed by atoms with Crippen LogP contribution in [0.4, 0.5) is 4.39 Å². The van der Waals surface area contributed by atoms with Crippen LogP contribution in [-0.2, 0) is 4.74 Å². The lowest BCUT2D eigenvalue weighted by atomic mass is 10.00. The van der Waals surface area contributed by atoms with E-state index in [0.717, 1.165) is 0 Å². The monoisotopic (exact) mass is 384 g/mol. The molecular weight excluding hydrogens is 370 g/mol. The van der Waals surface area contributed by atoms with Crippen molar-refractivity contribution in [3.63, 3.8) is 0 Å². The molecule has 1 heterocycles. The Morgan fingerprint density at radius 2 is 1.84 bits per heavy atom. The summed E-state index contributed by atoms with van der Waals surface area (Å²) >= 11 is 1.98. The van der Waals surface area contributed by atoms with E-state index in [9.17, 15) is 19.7 Å². The van der Waals surface area contributed by atoms with Crippen molar-refractivity contribution in [3.8, 4) is 5.75 Å². The molecule has 7 heteroatoms. The highest BCUT2D eigenvalue weighted by molar-refractivity contribution is 14.1. The summed E-state index contributed by atoms with van der Waals surface area (Å²) < 4.78 is 24.4. The molecule has 0 saturated carbocycles. The van der Waals surface area contributed by atoms with Crippen LogP contribution in [0.2, 0.25) is 0 Å². The van der Waals surface area contributed by atoms with E-state index in [1.165, 1.54) is 18.2 Å². The zero-order valence-corrected chi connectivity index (χ0v) is 12.0. The quantitative estimate of drug-likeness (QED) is 0.521. The van der Waals surface area contributed by atoms with E-state index >= 15 is 0 Å². The number of hydrogen-bond donors (Lipinski definition) is 3. The van der Waals surface area contributed by atoms with E-state index in [1.54, 1.807) is 6.07 Å². The highest BCUT2D eigenvalue weighted by Crippen LogP contribution is 2.26. The largest absolute Gasteiger partial charge is 0.459 e. The van der Waals surface area contributed by atoms with Crippen molar-refractivity contribution in [1.82, 2.24) is 0 Å². The highest BCUT2D eigenvalue weighted by atomic mass is 127. The van der Waals surface area contributed by atoms with Gasteiger partial charge in [-0.1, -0.05) is 34.7 Å². The number of rotatable bonds is 3. The van der Waals surface area contributed by atoms with Crippen LogP contribution in [0.25, 0.3) is 0 Å². The molecule has 0 aliphatic carbocycles. The van der Waals surface area contributed by atoms with Crippen molar-refractivity contribution in [1.29, 1.82) is 0 Å². The molecule has 1 saturated heterocycles. The van der Waals surface area contributed by atoms with Gasteiger partial charge >= 0.3 is 0 Å². The van der Waals surface area contributed by atoms with Crippen LogP contribution < -0.4 is 4.74 Å². The molecule has 5 nitrogen and oxygen atoms in total. The van der Waals surface area contributed by atoms with Crippen molar-refractivity contribution in [2.75, 3.05) is 4.43 Å². The number of aliphatic hydroxyl groups is 3. The first kappa shape index (κ1) is 14.9. The van der Waals surface area contributed by atoms with Gasteiger partial charge in [0.05, 0.1) is 6.10 Å². The molecule has 1 aromatic rings. The third-order valence-corrected chi connectivity index (χ3v) is 3.77. The van der Waals surface area contributed by atoms with Crippen molar-refractivity contribution in [2.45, 2.75) is 30.7 Å². The molecule has 1 fully saturated rings. The van der Waals surface area contributed by atoms with E-state index in [-0.39, 0.29) is 5.75 Å². The van der Waals surface area contributed by atoms with Gasteiger partial charge in [-0.15, -0.1) is 0 Å². The summed E-state index contributed by atoms with van der Waals surface area (Å²) in [5.74, 6) is -0.674. The summed E-state index contributed by atoms with van der Waals surface area (Å²) in [5.41, 5.74) is 0. The maximum atomic E-state index is 13.4. The van der Waals surface area contributed by atoms with E-state index in [0.29, 0.717) is 4.43 Å². The number of halogens is 2. The molecule has 0 aromatic heterocycles. The molecule has 1 aliphatic heterocycles. The van der Waals surface area contributed by atoms with E-state index in [2.05, 4.69) is 0 Å². The second-order valence-electron chi connectivity index (χ2n) is 4.22. The topological polar surface area (TPSA) is 79.2 Å². The fourth-order valence-electron chi connectivity index (χ4n) is 1.81. The third-order valence-electron chi connectivity index (χ3n) is 2.90. The van der Waals surface area contributed by atoms with Crippen molar-refractivity contribution in [3.05, 3.63) is 30.1 Å². The van der Waals surface area contributed by atoms with Gasteiger partial charge in [-0.25, -0.2) is 4.39 Å². The second-order valence-corrected chi connectivity index (χ2v) is 5.10. The molecule has 0 spiro atoms. The lowest BCUT2D eigenvalue weighted by Gasteiger charge is -2.39. The Labute approximate surface area is 123 Å². The molecule has 2 rings (SSSR count). The minimum atomic E-state index is -1.45. The molecule has 1 aliphatic rings. The van der Waals surface area contributed by atoms with Gasteiger partial charge in [-0.2, -0.15) is 0 Å². The number of benzene rings is 1. The lowest BCUT2D eigenvalue weighted by Crippen LogP contribution is -2.59. The Morgan fingerprint density at radius 3 is 2.47 bits per heavy atom. The fourth-order valence-corrected chi connectivity index (χ4v) is 2.54. The molecule has 0 bridgehead atoms. The van der Waals surface area contributed by atoms with Crippen LogP contribution in [-0.4, -0.2) is 50.5 Å². The van der Waals surface area contributed by atoms with Gasteiger partial charge in [-0.05, 0) is 12.1 Å². The second kappa shape index (κ2) is 6.31. The third kappa shape index (κ3) is 3.16. The standard InChI is InChI=1S/C12H14FIO5/c13-6-3-1-2-4-7(6)18-12-11(17)10(16)9(15)8(5-14)19-12/h1-4,8-12,15-17H,5H2. The van der Waals surface area contributed by atoms with Gasteiger partial charge in [0, 0.05) is 4.43 Å². The summed E-state index contributed by atoms with van der Waals surface area (Å²) in [7, 11) is 0. The average Bonchev–Trinajstić information content (AvgIpc) is 2.41. The summed E-state index contributed by atoms with van der Waals surface area (Å²) in [4.78, 5) is 0. The molecule has 0 radical (unpaired) electrons. The molecule has 19 heavy (non-hydrogen) atoms. The molecule has 1 aromatic carbocycles. The minimum Gasteiger partial charge on any atom is -0.459 e. The minimum absolute atomic E-state index is 0.0812. The average molecular weight is 384 g/mol. The number of hydrogen-bond acceptors (Lipinski definition) is 5. The normalized spacial score (nSPS) is 35.1. The summed E-state index contributed by atoms with van der Waals surface area (Å²) in [6, 6.07) is 5.69. The molecule has 5 unspecified atom stereocenters. The van der Waals surface area contributed by atoms with Crippen LogP contribution >= 0.6 is 22.6 Å². The number of ether oxygens (including phenoxy) is 2. The summed E-state index contributed by atoms with van der Waals surface area (Å²) in [6.45, 7) is 0. The van der Waals surface area contributed by atoms with Crippen LogP contribution in [0.15, 0.2) is 24.3 Å². The predicted molar refractivity (Wildman–Crippen MR) is 72.6 cm³/mol.